The van der Waals surface area contributed by atoms with Gasteiger partial charge in [0.15, 0.2) is 17.3 Å². The number of hydrogen-bond donors (Lipinski definition) is 4. The number of hydrazine groups is 1. The molecule has 5 N–H and O–H groups in total. The van der Waals surface area contributed by atoms with Crippen molar-refractivity contribution in [1.82, 2.24) is 20.4 Å². The smallest absolute Gasteiger partial charge is 0.277 e. The van der Waals surface area contributed by atoms with E-state index in [4.69, 9.17) is 5.84 Å². The molecule has 2 aromatic rings. The van der Waals surface area contributed by atoms with E-state index in [0.717, 1.165) is 0 Å². The van der Waals surface area contributed by atoms with Crippen LogP contribution in [-0.2, 0) is 0 Å². The van der Waals surface area contributed by atoms with Crippen molar-refractivity contribution < 1.29 is 4.79 Å². The van der Waals surface area contributed by atoms with Gasteiger partial charge in [0.1, 0.15) is 0 Å². The summed E-state index contributed by atoms with van der Waals surface area (Å²) in [5.74, 6) is 5.17. The van der Waals surface area contributed by atoms with Crippen molar-refractivity contribution in [3.05, 3.63) is 40.3 Å². The van der Waals surface area contributed by atoms with E-state index in [9.17, 15) is 9.59 Å². The average Bonchev–Trinajstić information content (AvgIpc) is 2.41. The summed E-state index contributed by atoms with van der Waals surface area (Å²) in [5, 5.41) is 15.6. The van der Waals surface area contributed by atoms with Crippen LogP contribution < -0.4 is 22.1 Å². The molecule has 2 rings (SSSR count). The minimum atomic E-state index is -0.495. The van der Waals surface area contributed by atoms with E-state index >= 15 is 0 Å². The van der Waals surface area contributed by atoms with Gasteiger partial charge in [-0.1, -0.05) is 0 Å². The van der Waals surface area contributed by atoms with Gasteiger partial charge in [0.25, 0.3) is 11.5 Å². The molecule has 9 nitrogen and oxygen atoms in total. The maximum atomic E-state index is 11.7. The predicted octanol–water partition coefficient (Wildman–Crippen LogP) is -0.902. The van der Waals surface area contributed by atoms with Crippen molar-refractivity contribution in [3.8, 4) is 0 Å². The molecular weight excluding hydrogens is 238 g/mol. The first-order valence-electron chi connectivity index (χ1n) is 4.86. The number of amides is 1. The van der Waals surface area contributed by atoms with Crippen LogP contribution in [0.5, 0.6) is 0 Å². The Hall–Kier alpha value is -2.81. The van der Waals surface area contributed by atoms with Crippen molar-refractivity contribution in [2.75, 3.05) is 10.7 Å². The molecule has 0 atom stereocenters. The van der Waals surface area contributed by atoms with Crippen molar-refractivity contribution in [1.29, 1.82) is 0 Å². The molecule has 0 radical (unpaired) electrons. The number of aromatic amines is 1. The molecule has 0 bridgehead atoms. The topological polar surface area (TPSA) is 139 Å². The third-order valence-corrected chi connectivity index (χ3v) is 1.97. The Morgan fingerprint density at radius 2 is 1.94 bits per heavy atom. The summed E-state index contributed by atoms with van der Waals surface area (Å²) in [4.78, 5) is 22.5. The first-order valence-corrected chi connectivity index (χ1v) is 4.86. The summed E-state index contributed by atoms with van der Waals surface area (Å²) < 4.78 is 0. The molecule has 2 heterocycles. The summed E-state index contributed by atoms with van der Waals surface area (Å²) in [5.41, 5.74) is 2.04. The van der Waals surface area contributed by atoms with Gasteiger partial charge in [0.2, 0.25) is 0 Å². The molecule has 1 amide bonds. The van der Waals surface area contributed by atoms with Crippen molar-refractivity contribution in [3.63, 3.8) is 0 Å². The highest BCUT2D eigenvalue weighted by atomic mass is 16.2. The minimum Gasteiger partial charge on any atom is -0.307 e. The summed E-state index contributed by atoms with van der Waals surface area (Å²) in [6.07, 6.45) is 0. The third-order valence-electron chi connectivity index (χ3n) is 1.97. The molecule has 0 aliphatic heterocycles. The van der Waals surface area contributed by atoms with Crippen LogP contribution in [0.3, 0.4) is 0 Å². The quantitative estimate of drug-likeness (QED) is 0.407. The Bertz CT molecular complexity index is 587. The number of rotatable bonds is 3. The van der Waals surface area contributed by atoms with Gasteiger partial charge >= 0.3 is 0 Å². The van der Waals surface area contributed by atoms with Crippen molar-refractivity contribution in [2.24, 2.45) is 5.84 Å². The molecule has 92 valence electrons. The fourth-order valence-corrected chi connectivity index (χ4v) is 1.12. The zero-order valence-electron chi connectivity index (χ0n) is 9.04. The van der Waals surface area contributed by atoms with E-state index in [1.54, 1.807) is 0 Å². The molecule has 0 aromatic carbocycles. The van der Waals surface area contributed by atoms with Gasteiger partial charge in [-0.2, -0.15) is 5.10 Å². The maximum Gasteiger partial charge on any atom is 0.277 e. The molecule has 0 aliphatic rings. The molecule has 0 spiro atoms. The number of hydrogen-bond acceptors (Lipinski definition) is 7. The molecule has 9 heteroatoms. The largest absolute Gasteiger partial charge is 0.307 e. The lowest BCUT2D eigenvalue weighted by Gasteiger charge is -2.02. The zero-order valence-corrected chi connectivity index (χ0v) is 9.04. The first-order chi connectivity index (χ1) is 8.69. The number of carbonyl (C=O) groups excluding carboxylic acids is 1. The van der Waals surface area contributed by atoms with Crippen molar-refractivity contribution in [2.45, 2.75) is 0 Å². The number of aromatic nitrogens is 4. The summed E-state index contributed by atoms with van der Waals surface area (Å²) in [6.45, 7) is 0. The molecule has 0 fully saturated rings. The SMILES string of the molecule is NNc1ccc(C(=O)Nc2ccc(=O)[nH]n2)nn1. The predicted molar refractivity (Wildman–Crippen MR) is 62.7 cm³/mol. The van der Waals surface area contributed by atoms with Crippen LogP contribution in [0.4, 0.5) is 11.6 Å². The molecule has 0 saturated carbocycles. The van der Waals surface area contributed by atoms with Crippen LogP contribution in [0, 0.1) is 0 Å². The first kappa shape index (κ1) is 11.7. The number of nitrogen functional groups attached to an aromatic ring is 1. The van der Waals surface area contributed by atoms with Gasteiger partial charge in [0.05, 0.1) is 0 Å². The van der Waals surface area contributed by atoms with Gasteiger partial charge < -0.3 is 10.7 Å². The number of nitrogens with zero attached hydrogens (tertiary/aromatic N) is 3. The van der Waals surface area contributed by atoms with Crippen molar-refractivity contribution >= 4 is 17.5 Å². The zero-order chi connectivity index (χ0) is 13.0. The van der Waals surface area contributed by atoms with E-state index in [-0.39, 0.29) is 17.1 Å². The second-order valence-electron chi connectivity index (χ2n) is 3.21. The Balaban J connectivity index is 2.11. The van der Waals surface area contributed by atoms with E-state index in [2.05, 4.69) is 31.1 Å². The lowest BCUT2D eigenvalue weighted by atomic mass is 10.3. The summed E-state index contributed by atoms with van der Waals surface area (Å²) >= 11 is 0. The summed E-state index contributed by atoms with van der Waals surface area (Å²) in [7, 11) is 0. The molecule has 0 unspecified atom stereocenters. The highest BCUT2D eigenvalue weighted by molar-refractivity contribution is 6.02. The third kappa shape index (κ3) is 2.65. The Morgan fingerprint density at radius 1 is 1.17 bits per heavy atom. The standard InChI is InChI=1S/C9H9N7O2/c10-12-7-2-1-5(13-15-7)9(18)11-6-3-4-8(17)16-14-6/h1-4H,10H2,(H,12,15)(H,16,17)(H,11,14,18). The van der Waals surface area contributed by atoms with Crippen LogP contribution in [0.25, 0.3) is 0 Å². The van der Waals surface area contributed by atoms with Crippen LogP contribution in [0.1, 0.15) is 10.5 Å². The van der Waals surface area contributed by atoms with Gasteiger partial charge in [-0.25, -0.2) is 10.9 Å². The Morgan fingerprint density at radius 3 is 2.50 bits per heavy atom. The van der Waals surface area contributed by atoms with E-state index in [0.29, 0.717) is 5.82 Å². The number of nitrogens with two attached hydrogens (primary N) is 1. The van der Waals surface area contributed by atoms with Crippen LogP contribution in [-0.4, -0.2) is 26.3 Å². The van der Waals surface area contributed by atoms with E-state index in [1.165, 1.54) is 24.3 Å². The Labute approximate surface area is 100 Å². The lowest BCUT2D eigenvalue weighted by molar-refractivity contribution is 0.102. The molecule has 2 aromatic heterocycles. The van der Waals surface area contributed by atoms with Gasteiger partial charge in [-0.3, -0.25) is 9.59 Å². The second kappa shape index (κ2) is 5.01. The average molecular weight is 247 g/mol. The fraction of sp³-hybridized carbons (Fsp3) is 0. The van der Waals surface area contributed by atoms with Crippen LogP contribution in [0.15, 0.2) is 29.1 Å². The fourth-order valence-electron chi connectivity index (χ4n) is 1.12. The molecule has 0 saturated heterocycles. The van der Waals surface area contributed by atoms with Gasteiger partial charge in [0, 0.05) is 6.07 Å². The number of nitrogens with one attached hydrogen (secondary N) is 3. The molecular formula is C9H9N7O2. The second-order valence-corrected chi connectivity index (χ2v) is 3.21. The molecule has 0 aliphatic carbocycles. The lowest BCUT2D eigenvalue weighted by Crippen LogP contribution is -2.18. The highest BCUT2D eigenvalue weighted by Gasteiger charge is 2.09. The summed E-state index contributed by atoms with van der Waals surface area (Å²) in [6, 6.07) is 5.57. The van der Waals surface area contributed by atoms with E-state index in [1.807, 2.05) is 0 Å². The van der Waals surface area contributed by atoms with Gasteiger partial charge in [-0.05, 0) is 18.2 Å². The van der Waals surface area contributed by atoms with Crippen LogP contribution >= 0.6 is 0 Å². The minimum absolute atomic E-state index is 0.0991. The number of carbonyl (C=O) groups is 1. The van der Waals surface area contributed by atoms with Crippen LogP contribution in [0.2, 0.25) is 0 Å². The maximum absolute atomic E-state index is 11.7. The molecule has 18 heavy (non-hydrogen) atoms. The monoisotopic (exact) mass is 247 g/mol. The highest BCUT2D eigenvalue weighted by Crippen LogP contribution is 2.03. The normalized spacial score (nSPS) is 9.83. The Kier molecular flexibility index (Phi) is 3.25. The number of H-pyrrole nitrogens is 1. The number of anilines is 2. The van der Waals surface area contributed by atoms with E-state index < -0.39 is 5.91 Å². The van der Waals surface area contributed by atoms with Gasteiger partial charge in [-0.15, -0.1) is 10.2 Å².